The van der Waals surface area contributed by atoms with Gasteiger partial charge in [0.2, 0.25) is 0 Å². The van der Waals surface area contributed by atoms with Crippen LogP contribution >= 0.6 is 11.6 Å². The van der Waals surface area contributed by atoms with Crippen LogP contribution in [-0.4, -0.2) is 20.4 Å². The second-order valence-electron chi connectivity index (χ2n) is 4.93. The zero-order valence-corrected chi connectivity index (χ0v) is 10.7. The molecule has 0 aromatic carbocycles. The largest absolute Gasteiger partial charge is 0.325 e. The normalized spacial score (nSPS) is 23.9. The Morgan fingerprint density at radius 3 is 3.00 bits per heavy atom. The molecule has 3 rings (SSSR count). The van der Waals surface area contributed by atoms with Gasteiger partial charge in [-0.1, -0.05) is 6.92 Å². The lowest BCUT2D eigenvalue weighted by atomic mass is 9.81. The van der Waals surface area contributed by atoms with E-state index < -0.39 is 0 Å². The first-order valence-corrected chi connectivity index (χ1v) is 6.70. The Morgan fingerprint density at radius 2 is 2.29 bits per heavy atom. The second-order valence-corrected chi connectivity index (χ2v) is 5.31. The summed E-state index contributed by atoms with van der Waals surface area (Å²) >= 11 is 5.86. The van der Waals surface area contributed by atoms with Crippen LogP contribution in [0.15, 0.2) is 18.5 Å². The van der Waals surface area contributed by atoms with E-state index in [1.165, 1.54) is 18.4 Å². The zero-order valence-electron chi connectivity index (χ0n) is 9.93. The van der Waals surface area contributed by atoms with Crippen molar-refractivity contribution in [3.05, 3.63) is 24.3 Å². The number of halogens is 1. The topological polar surface area (TPSA) is 30.7 Å². The molecular formula is C13H16ClN3. The average Bonchev–Trinajstić information content (AvgIpc) is 2.63. The van der Waals surface area contributed by atoms with Crippen molar-refractivity contribution in [1.29, 1.82) is 0 Å². The maximum atomic E-state index is 5.86. The molecule has 17 heavy (non-hydrogen) atoms. The molecule has 0 radical (unpaired) electrons. The van der Waals surface area contributed by atoms with E-state index in [1.807, 2.05) is 12.4 Å². The molecule has 2 aromatic heterocycles. The first-order valence-electron chi connectivity index (χ1n) is 6.16. The highest BCUT2D eigenvalue weighted by molar-refractivity contribution is 6.17. The van der Waals surface area contributed by atoms with E-state index >= 15 is 0 Å². The molecule has 1 aliphatic carbocycles. The molecule has 0 spiro atoms. The van der Waals surface area contributed by atoms with Crippen molar-refractivity contribution in [3.8, 4) is 0 Å². The molecule has 1 fully saturated rings. The molecule has 0 unspecified atom stereocenters. The number of aryl methyl sites for hydroxylation is 1. The number of rotatable bonds is 3. The number of aromatic nitrogens is 3. The van der Waals surface area contributed by atoms with Gasteiger partial charge in [0, 0.05) is 24.5 Å². The Morgan fingerprint density at radius 1 is 1.47 bits per heavy atom. The third kappa shape index (κ3) is 1.82. The van der Waals surface area contributed by atoms with Gasteiger partial charge in [-0.3, -0.25) is 4.98 Å². The summed E-state index contributed by atoms with van der Waals surface area (Å²) in [6, 6.07) is 2.67. The highest BCUT2D eigenvalue weighted by atomic mass is 35.5. The third-order valence-corrected chi connectivity index (χ3v) is 3.79. The minimum absolute atomic E-state index is 0.607. The molecule has 1 saturated carbocycles. The lowest BCUT2D eigenvalue weighted by Gasteiger charge is -2.35. The Labute approximate surface area is 106 Å². The number of hydrogen-bond acceptors (Lipinski definition) is 2. The summed E-state index contributed by atoms with van der Waals surface area (Å²) in [6.07, 6.45) is 7.02. The molecule has 0 aliphatic heterocycles. The van der Waals surface area contributed by atoms with Gasteiger partial charge in [-0.2, -0.15) is 0 Å². The first kappa shape index (κ1) is 11.0. The third-order valence-electron chi connectivity index (χ3n) is 3.60. The van der Waals surface area contributed by atoms with E-state index in [-0.39, 0.29) is 0 Å². The van der Waals surface area contributed by atoms with Gasteiger partial charge >= 0.3 is 0 Å². The van der Waals surface area contributed by atoms with Gasteiger partial charge in [-0.25, -0.2) is 4.98 Å². The van der Waals surface area contributed by atoms with Crippen LogP contribution in [0, 0.1) is 5.92 Å². The van der Waals surface area contributed by atoms with Crippen molar-refractivity contribution in [2.24, 2.45) is 5.92 Å². The standard InChI is InChI=1S/C13H16ClN3/c1-9-6-10(7-9)17-12-3-5-15-8-11(12)16-13(17)2-4-14/h3,5,8-10H,2,4,6-7H2,1H3. The number of imidazole rings is 1. The summed E-state index contributed by atoms with van der Waals surface area (Å²) in [5.74, 6) is 2.57. The van der Waals surface area contributed by atoms with Crippen molar-refractivity contribution in [2.45, 2.75) is 32.2 Å². The van der Waals surface area contributed by atoms with Crippen LogP contribution in [0.2, 0.25) is 0 Å². The minimum atomic E-state index is 0.607. The summed E-state index contributed by atoms with van der Waals surface area (Å²) in [5, 5.41) is 0. The molecule has 0 atom stereocenters. The van der Waals surface area contributed by atoms with Crippen molar-refractivity contribution in [1.82, 2.24) is 14.5 Å². The highest BCUT2D eigenvalue weighted by Gasteiger charge is 2.29. The fourth-order valence-electron chi connectivity index (χ4n) is 2.74. The van der Waals surface area contributed by atoms with E-state index in [9.17, 15) is 0 Å². The number of hydrogen-bond donors (Lipinski definition) is 0. The highest BCUT2D eigenvalue weighted by Crippen LogP contribution is 2.39. The Hall–Kier alpha value is -1.09. The summed E-state index contributed by atoms with van der Waals surface area (Å²) in [6.45, 7) is 2.30. The van der Waals surface area contributed by atoms with Gasteiger partial charge < -0.3 is 4.57 Å². The van der Waals surface area contributed by atoms with Crippen LogP contribution in [0.1, 0.15) is 31.6 Å². The van der Waals surface area contributed by atoms with E-state index in [1.54, 1.807) is 0 Å². The molecule has 90 valence electrons. The molecular weight excluding hydrogens is 234 g/mol. The van der Waals surface area contributed by atoms with Crippen molar-refractivity contribution in [3.63, 3.8) is 0 Å². The van der Waals surface area contributed by atoms with Crippen molar-refractivity contribution >= 4 is 22.6 Å². The molecule has 0 saturated heterocycles. The van der Waals surface area contributed by atoms with Crippen LogP contribution < -0.4 is 0 Å². The first-order chi connectivity index (χ1) is 8.29. The second kappa shape index (κ2) is 4.30. The molecule has 0 amide bonds. The number of fused-ring (bicyclic) bond motifs is 1. The summed E-state index contributed by atoms with van der Waals surface area (Å²) in [5.41, 5.74) is 2.20. The number of alkyl halides is 1. The number of nitrogens with zero attached hydrogens (tertiary/aromatic N) is 3. The van der Waals surface area contributed by atoms with Crippen LogP contribution in [0.25, 0.3) is 11.0 Å². The Balaban J connectivity index is 2.08. The molecule has 2 heterocycles. The van der Waals surface area contributed by atoms with Crippen LogP contribution in [0.3, 0.4) is 0 Å². The number of pyridine rings is 1. The van der Waals surface area contributed by atoms with Gasteiger partial charge in [0.15, 0.2) is 0 Å². The SMILES string of the molecule is CC1CC(n2c(CCCl)nc3cnccc32)C1. The lowest BCUT2D eigenvalue weighted by Crippen LogP contribution is -2.26. The van der Waals surface area contributed by atoms with E-state index in [0.717, 1.165) is 23.7 Å². The summed E-state index contributed by atoms with van der Waals surface area (Å²) in [4.78, 5) is 8.78. The summed E-state index contributed by atoms with van der Waals surface area (Å²) in [7, 11) is 0. The quantitative estimate of drug-likeness (QED) is 0.783. The molecule has 0 N–H and O–H groups in total. The lowest BCUT2D eigenvalue weighted by molar-refractivity contribution is 0.217. The van der Waals surface area contributed by atoms with Gasteiger partial charge in [0.1, 0.15) is 11.3 Å². The van der Waals surface area contributed by atoms with Gasteiger partial charge in [0.05, 0.1) is 11.7 Å². The van der Waals surface area contributed by atoms with Gasteiger partial charge in [-0.15, -0.1) is 11.6 Å². The molecule has 2 aromatic rings. The van der Waals surface area contributed by atoms with Crippen LogP contribution in [0.4, 0.5) is 0 Å². The van der Waals surface area contributed by atoms with E-state index in [4.69, 9.17) is 11.6 Å². The average molecular weight is 250 g/mol. The van der Waals surface area contributed by atoms with Gasteiger partial charge in [0.25, 0.3) is 0 Å². The minimum Gasteiger partial charge on any atom is -0.325 e. The van der Waals surface area contributed by atoms with E-state index in [2.05, 4.69) is 27.5 Å². The van der Waals surface area contributed by atoms with Gasteiger partial charge in [-0.05, 0) is 24.8 Å². The van der Waals surface area contributed by atoms with Crippen LogP contribution in [0.5, 0.6) is 0 Å². The monoisotopic (exact) mass is 249 g/mol. The van der Waals surface area contributed by atoms with Crippen LogP contribution in [-0.2, 0) is 6.42 Å². The Kier molecular flexibility index (Phi) is 2.79. The summed E-state index contributed by atoms with van der Waals surface area (Å²) < 4.78 is 2.37. The molecule has 3 nitrogen and oxygen atoms in total. The Bertz CT molecular complexity index is 528. The predicted molar refractivity (Wildman–Crippen MR) is 69.4 cm³/mol. The smallest absolute Gasteiger partial charge is 0.111 e. The van der Waals surface area contributed by atoms with E-state index in [0.29, 0.717) is 11.9 Å². The maximum absolute atomic E-state index is 5.86. The zero-order chi connectivity index (χ0) is 11.8. The fourth-order valence-corrected chi connectivity index (χ4v) is 2.91. The molecule has 1 aliphatic rings. The molecule has 4 heteroatoms. The van der Waals surface area contributed by atoms with Crippen molar-refractivity contribution in [2.75, 3.05) is 5.88 Å². The predicted octanol–water partition coefficient (Wildman–Crippen LogP) is 3.18. The fraction of sp³-hybridized carbons (Fsp3) is 0.538. The molecule has 0 bridgehead atoms. The maximum Gasteiger partial charge on any atom is 0.111 e. The van der Waals surface area contributed by atoms with Crippen molar-refractivity contribution < 1.29 is 0 Å².